The number of ether oxygens (including phenoxy) is 1. The minimum Gasteiger partial charge on any atom is -0.456 e. The lowest BCUT2D eigenvalue weighted by atomic mass is 10.0. The van der Waals surface area contributed by atoms with Gasteiger partial charge in [-0.3, -0.25) is 4.79 Å². The molecule has 156 valence electrons. The second-order valence-corrected chi connectivity index (χ2v) is 7.55. The van der Waals surface area contributed by atoms with E-state index in [2.05, 4.69) is 10.6 Å². The minimum atomic E-state index is -0.542. The van der Waals surface area contributed by atoms with Crippen molar-refractivity contribution in [3.8, 4) is 11.5 Å². The van der Waals surface area contributed by atoms with Crippen molar-refractivity contribution in [2.45, 2.75) is 13.0 Å². The monoisotopic (exact) mass is 430 g/mol. The van der Waals surface area contributed by atoms with Crippen LogP contribution in [-0.4, -0.2) is 12.5 Å². The van der Waals surface area contributed by atoms with Gasteiger partial charge in [-0.1, -0.05) is 73.1 Å². The summed E-state index contributed by atoms with van der Waals surface area (Å²) in [6.07, 6.45) is 0. The van der Waals surface area contributed by atoms with Crippen LogP contribution in [0.5, 0.6) is 11.5 Å². The first-order valence-corrected chi connectivity index (χ1v) is 10.6. The number of carbonyl (C=O) groups is 1. The standard InChI is InChI=1S/C26H23ClN2O2/c1-2-28-25(26(30)29-21-14-12-18-8-6-7-9-19(18)16-21)20-13-15-24(23(27)17-20)31-22-10-4-3-5-11-22/h3-17,25,28H,2H2,1H3,(H,29,30). The summed E-state index contributed by atoms with van der Waals surface area (Å²) in [5, 5.41) is 8.91. The highest BCUT2D eigenvalue weighted by Crippen LogP contribution is 2.32. The van der Waals surface area contributed by atoms with Gasteiger partial charge in [0.25, 0.3) is 0 Å². The summed E-state index contributed by atoms with van der Waals surface area (Å²) in [5.41, 5.74) is 1.52. The van der Waals surface area contributed by atoms with Gasteiger partial charge in [0, 0.05) is 5.69 Å². The smallest absolute Gasteiger partial charge is 0.246 e. The molecule has 0 radical (unpaired) electrons. The molecule has 2 N–H and O–H groups in total. The van der Waals surface area contributed by atoms with Crippen molar-refractivity contribution in [1.82, 2.24) is 5.32 Å². The molecule has 0 saturated heterocycles. The van der Waals surface area contributed by atoms with Crippen molar-refractivity contribution in [3.05, 3.63) is 102 Å². The fourth-order valence-electron chi connectivity index (χ4n) is 3.44. The fraction of sp³-hybridized carbons (Fsp3) is 0.115. The summed E-state index contributed by atoms with van der Waals surface area (Å²) in [6.45, 7) is 2.60. The van der Waals surface area contributed by atoms with Gasteiger partial charge in [-0.25, -0.2) is 0 Å². The first-order chi connectivity index (χ1) is 15.1. The van der Waals surface area contributed by atoms with Crippen LogP contribution in [0.15, 0.2) is 91.0 Å². The molecule has 1 unspecified atom stereocenters. The molecule has 4 rings (SSSR count). The molecule has 1 amide bonds. The molecule has 0 heterocycles. The Bertz CT molecular complexity index is 1190. The van der Waals surface area contributed by atoms with E-state index in [1.54, 1.807) is 12.1 Å². The van der Waals surface area contributed by atoms with Gasteiger partial charge in [-0.2, -0.15) is 0 Å². The number of nitrogens with one attached hydrogen (secondary N) is 2. The minimum absolute atomic E-state index is 0.148. The van der Waals surface area contributed by atoms with E-state index in [0.717, 1.165) is 22.0 Å². The second-order valence-electron chi connectivity index (χ2n) is 7.15. The van der Waals surface area contributed by atoms with Crippen molar-refractivity contribution < 1.29 is 9.53 Å². The number of rotatable bonds is 7. The number of hydrogen-bond donors (Lipinski definition) is 2. The predicted molar refractivity (Wildman–Crippen MR) is 127 cm³/mol. The molecule has 0 aliphatic heterocycles. The average molecular weight is 431 g/mol. The Balaban J connectivity index is 1.54. The average Bonchev–Trinajstić information content (AvgIpc) is 2.79. The summed E-state index contributed by atoms with van der Waals surface area (Å²) in [7, 11) is 0. The van der Waals surface area contributed by atoms with Gasteiger partial charge >= 0.3 is 0 Å². The number of hydrogen-bond acceptors (Lipinski definition) is 3. The fourth-order valence-corrected chi connectivity index (χ4v) is 3.67. The highest BCUT2D eigenvalue weighted by atomic mass is 35.5. The van der Waals surface area contributed by atoms with Gasteiger partial charge in [0.1, 0.15) is 17.5 Å². The van der Waals surface area contributed by atoms with Crippen molar-refractivity contribution in [2.24, 2.45) is 0 Å². The SMILES string of the molecule is CCNC(C(=O)Nc1ccc2ccccc2c1)c1ccc(Oc2ccccc2)c(Cl)c1. The molecule has 0 aromatic heterocycles. The molecule has 0 aliphatic rings. The molecular formula is C26H23ClN2O2. The lowest BCUT2D eigenvalue weighted by Crippen LogP contribution is -2.32. The first-order valence-electron chi connectivity index (χ1n) is 10.2. The molecule has 4 aromatic carbocycles. The molecule has 0 fully saturated rings. The molecular weight excluding hydrogens is 408 g/mol. The van der Waals surface area contributed by atoms with E-state index in [0.29, 0.717) is 23.1 Å². The molecule has 0 saturated carbocycles. The van der Waals surface area contributed by atoms with Crippen molar-refractivity contribution >= 4 is 34.0 Å². The highest BCUT2D eigenvalue weighted by molar-refractivity contribution is 6.32. The summed E-state index contributed by atoms with van der Waals surface area (Å²) >= 11 is 6.47. The number of benzene rings is 4. The zero-order valence-corrected chi connectivity index (χ0v) is 17.9. The van der Waals surface area contributed by atoms with Crippen LogP contribution in [0, 0.1) is 0 Å². The van der Waals surface area contributed by atoms with E-state index in [4.69, 9.17) is 16.3 Å². The van der Waals surface area contributed by atoms with E-state index >= 15 is 0 Å². The molecule has 0 spiro atoms. The summed E-state index contributed by atoms with van der Waals surface area (Å²) < 4.78 is 5.85. The van der Waals surface area contributed by atoms with Gasteiger partial charge in [-0.15, -0.1) is 0 Å². The van der Waals surface area contributed by atoms with E-state index in [1.807, 2.05) is 85.8 Å². The van der Waals surface area contributed by atoms with Crippen LogP contribution in [-0.2, 0) is 4.79 Å². The van der Waals surface area contributed by atoms with Gasteiger partial charge in [0.15, 0.2) is 0 Å². The number of carbonyl (C=O) groups excluding carboxylic acids is 1. The van der Waals surface area contributed by atoms with E-state index in [1.165, 1.54) is 0 Å². The predicted octanol–water partition coefficient (Wildman–Crippen LogP) is 6.57. The zero-order valence-electron chi connectivity index (χ0n) is 17.1. The lowest BCUT2D eigenvalue weighted by Gasteiger charge is -2.19. The van der Waals surface area contributed by atoms with Crippen LogP contribution in [0.4, 0.5) is 5.69 Å². The lowest BCUT2D eigenvalue weighted by molar-refractivity contribution is -0.118. The molecule has 0 bridgehead atoms. The molecule has 1 atom stereocenters. The summed E-state index contributed by atoms with van der Waals surface area (Å²) in [5.74, 6) is 1.10. The third kappa shape index (κ3) is 5.05. The largest absolute Gasteiger partial charge is 0.456 e. The molecule has 0 aliphatic carbocycles. The number of halogens is 1. The van der Waals surface area contributed by atoms with Gasteiger partial charge in [0.2, 0.25) is 5.91 Å². The Labute approximate surface area is 186 Å². The van der Waals surface area contributed by atoms with Crippen molar-refractivity contribution in [3.63, 3.8) is 0 Å². The van der Waals surface area contributed by atoms with E-state index < -0.39 is 6.04 Å². The van der Waals surface area contributed by atoms with Crippen LogP contribution in [0.1, 0.15) is 18.5 Å². The highest BCUT2D eigenvalue weighted by Gasteiger charge is 2.21. The molecule has 5 heteroatoms. The van der Waals surface area contributed by atoms with Crippen molar-refractivity contribution in [2.75, 3.05) is 11.9 Å². The zero-order chi connectivity index (χ0) is 21.6. The molecule has 31 heavy (non-hydrogen) atoms. The van der Waals surface area contributed by atoms with Gasteiger partial charge < -0.3 is 15.4 Å². The Hall–Kier alpha value is -3.34. The van der Waals surface area contributed by atoms with E-state index in [9.17, 15) is 4.79 Å². The summed E-state index contributed by atoms with van der Waals surface area (Å²) in [6, 6.07) is 28.3. The van der Waals surface area contributed by atoms with Crippen LogP contribution >= 0.6 is 11.6 Å². The maximum atomic E-state index is 13.1. The number of anilines is 1. The molecule has 4 nitrogen and oxygen atoms in total. The molecule has 4 aromatic rings. The third-order valence-electron chi connectivity index (χ3n) is 4.95. The van der Waals surface area contributed by atoms with Crippen molar-refractivity contribution in [1.29, 1.82) is 0 Å². The topological polar surface area (TPSA) is 50.4 Å². The maximum absolute atomic E-state index is 13.1. The quantitative estimate of drug-likeness (QED) is 0.348. The van der Waals surface area contributed by atoms with Crippen LogP contribution < -0.4 is 15.4 Å². The Morgan fingerprint density at radius 2 is 1.65 bits per heavy atom. The van der Waals surface area contributed by atoms with Crippen LogP contribution in [0.25, 0.3) is 10.8 Å². The number of amides is 1. The number of fused-ring (bicyclic) bond motifs is 1. The summed E-state index contributed by atoms with van der Waals surface area (Å²) in [4.78, 5) is 13.1. The van der Waals surface area contributed by atoms with E-state index in [-0.39, 0.29) is 5.91 Å². The van der Waals surface area contributed by atoms with Crippen LogP contribution in [0.3, 0.4) is 0 Å². The van der Waals surface area contributed by atoms with Crippen LogP contribution in [0.2, 0.25) is 5.02 Å². The Kier molecular flexibility index (Phi) is 6.51. The normalized spacial score (nSPS) is 11.8. The van der Waals surface area contributed by atoms with Gasteiger partial charge in [-0.05, 0) is 59.3 Å². The van der Waals surface area contributed by atoms with Gasteiger partial charge in [0.05, 0.1) is 5.02 Å². The first kappa shape index (κ1) is 20.9. The second kappa shape index (κ2) is 9.65. The number of para-hydroxylation sites is 1. The number of likely N-dealkylation sites (N-methyl/N-ethyl adjacent to an activating group) is 1. The third-order valence-corrected chi connectivity index (χ3v) is 5.24. The Morgan fingerprint density at radius 1 is 0.903 bits per heavy atom. The Morgan fingerprint density at radius 3 is 2.39 bits per heavy atom. The maximum Gasteiger partial charge on any atom is 0.246 e.